The maximum Gasteiger partial charge on any atom is 0.303 e. The summed E-state index contributed by atoms with van der Waals surface area (Å²) >= 11 is 1.79. The Hall–Kier alpha value is -2.64. The van der Waals surface area contributed by atoms with Gasteiger partial charge in [0.2, 0.25) is 0 Å². The lowest BCUT2D eigenvalue weighted by molar-refractivity contribution is -0.139. The zero-order valence-electron chi connectivity index (χ0n) is 20.4. The molecule has 1 aromatic carbocycles. The van der Waals surface area contributed by atoms with Gasteiger partial charge >= 0.3 is 5.97 Å². The van der Waals surface area contributed by atoms with Crippen molar-refractivity contribution in [2.75, 3.05) is 32.5 Å². The number of likely N-dealkylation sites (tertiary alicyclic amines) is 1. The van der Waals surface area contributed by atoms with Crippen molar-refractivity contribution in [2.24, 2.45) is 11.8 Å². The highest BCUT2D eigenvalue weighted by Crippen LogP contribution is 2.32. The number of pyridine rings is 2. The molecule has 0 radical (unpaired) electrons. The van der Waals surface area contributed by atoms with E-state index in [9.17, 15) is 9.90 Å². The van der Waals surface area contributed by atoms with Crippen molar-refractivity contribution in [1.29, 1.82) is 0 Å². The van der Waals surface area contributed by atoms with Gasteiger partial charge in [0.1, 0.15) is 5.75 Å². The fraction of sp³-hybridized carbons (Fsp3) is 0.464. The number of methoxy groups -OCH3 is 1. The number of nitrogens with zero attached hydrogens (tertiary/aromatic N) is 3. The molecular formula is C28H35N3O3S. The van der Waals surface area contributed by atoms with Crippen molar-refractivity contribution in [1.82, 2.24) is 14.9 Å². The number of carboxylic acids is 1. The molecule has 4 rings (SSSR count). The van der Waals surface area contributed by atoms with E-state index in [1.807, 2.05) is 42.7 Å². The Morgan fingerprint density at radius 3 is 2.86 bits per heavy atom. The Kier molecular flexibility index (Phi) is 9.37. The molecule has 2 aromatic heterocycles. The number of hydrogen-bond donors (Lipinski definition) is 1. The van der Waals surface area contributed by atoms with Crippen molar-refractivity contribution in [3.8, 4) is 5.75 Å². The molecule has 0 bridgehead atoms. The van der Waals surface area contributed by atoms with Gasteiger partial charge in [-0.05, 0) is 99.0 Å². The predicted molar refractivity (Wildman–Crippen MR) is 141 cm³/mol. The molecule has 1 fully saturated rings. The summed E-state index contributed by atoms with van der Waals surface area (Å²) < 4.78 is 5.40. The quantitative estimate of drug-likeness (QED) is 0.262. The molecule has 3 heterocycles. The summed E-state index contributed by atoms with van der Waals surface area (Å²) in [6, 6.07) is 14.1. The summed E-state index contributed by atoms with van der Waals surface area (Å²) in [5.41, 5.74) is 2.27. The number of ether oxygens (including phenoxy) is 1. The van der Waals surface area contributed by atoms with Crippen molar-refractivity contribution in [3.05, 3.63) is 60.4 Å². The van der Waals surface area contributed by atoms with Crippen LogP contribution >= 0.6 is 11.8 Å². The number of piperidine rings is 1. The summed E-state index contributed by atoms with van der Waals surface area (Å²) in [6.07, 6.45) is 9.23. The first kappa shape index (κ1) is 25.5. The average Bonchev–Trinajstić information content (AvgIpc) is 2.88. The Morgan fingerprint density at radius 2 is 2.06 bits per heavy atom. The molecule has 0 unspecified atom stereocenters. The second kappa shape index (κ2) is 12.9. The summed E-state index contributed by atoms with van der Waals surface area (Å²) in [7, 11) is 1.69. The second-order valence-corrected chi connectivity index (χ2v) is 10.4. The van der Waals surface area contributed by atoms with Crippen molar-refractivity contribution < 1.29 is 14.6 Å². The fourth-order valence-electron chi connectivity index (χ4n) is 5.17. The molecule has 3 aromatic rings. The molecule has 35 heavy (non-hydrogen) atoms. The number of rotatable bonds is 12. The number of aryl methyl sites for hydroxylation is 1. The lowest BCUT2D eigenvalue weighted by atomic mass is 9.80. The molecule has 2 atom stereocenters. The van der Waals surface area contributed by atoms with E-state index in [2.05, 4.69) is 27.0 Å². The second-order valence-electron chi connectivity index (χ2n) is 9.32. The summed E-state index contributed by atoms with van der Waals surface area (Å²) in [4.78, 5) is 22.9. The molecule has 0 aliphatic carbocycles. The molecule has 1 saturated heterocycles. The number of aromatic nitrogens is 2. The topological polar surface area (TPSA) is 75.5 Å². The van der Waals surface area contributed by atoms with Crippen LogP contribution < -0.4 is 4.74 Å². The van der Waals surface area contributed by atoms with Crippen LogP contribution in [0.2, 0.25) is 0 Å². The van der Waals surface area contributed by atoms with Gasteiger partial charge < -0.3 is 14.7 Å². The Balaban J connectivity index is 1.27. The Morgan fingerprint density at radius 1 is 1.14 bits per heavy atom. The smallest absolute Gasteiger partial charge is 0.303 e. The van der Waals surface area contributed by atoms with Gasteiger partial charge in [0.05, 0.1) is 17.7 Å². The molecule has 1 aliphatic heterocycles. The van der Waals surface area contributed by atoms with Gasteiger partial charge in [-0.15, -0.1) is 11.8 Å². The van der Waals surface area contributed by atoms with Gasteiger partial charge in [-0.25, -0.2) is 4.98 Å². The number of carbonyl (C=O) groups is 1. The highest BCUT2D eigenvalue weighted by Gasteiger charge is 2.30. The first-order chi connectivity index (χ1) is 17.1. The lowest BCUT2D eigenvalue weighted by Gasteiger charge is -2.38. The van der Waals surface area contributed by atoms with E-state index in [1.54, 1.807) is 18.9 Å². The van der Waals surface area contributed by atoms with Crippen molar-refractivity contribution in [2.45, 2.75) is 43.6 Å². The fourth-order valence-corrected chi connectivity index (χ4v) is 5.97. The van der Waals surface area contributed by atoms with Gasteiger partial charge in [0, 0.05) is 36.5 Å². The maximum absolute atomic E-state index is 11.6. The molecule has 1 aliphatic rings. The number of thioether (sulfide) groups is 1. The molecule has 1 N–H and O–H groups in total. The van der Waals surface area contributed by atoms with Crippen LogP contribution in [0, 0.1) is 11.8 Å². The number of benzene rings is 1. The molecule has 0 amide bonds. The van der Waals surface area contributed by atoms with Gasteiger partial charge in [-0.2, -0.15) is 0 Å². The van der Waals surface area contributed by atoms with Gasteiger partial charge in [0.25, 0.3) is 0 Å². The SMILES string of the molecule is COc1ccc2nccc(CCC[C@@H]3CCN(CCCSc4ccccn4)C[C@@H]3CC(=O)O)c2c1. The van der Waals surface area contributed by atoms with Gasteiger partial charge in [-0.1, -0.05) is 6.07 Å². The van der Waals surface area contributed by atoms with Crippen LogP contribution in [0.15, 0.2) is 59.9 Å². The molecule has 186 valence electrons. The highest BCUT2D eigenvalue weighted by molar-refractivity contribution is 7.99. The lowest BCUT2D eigenvalue weighted by Crippen LogP contribution is -2.41. The minimum atomic E-state index is -0.681. The van der Waals surface area contributed by atoms with E-state index in [4.69, 9.17) is 4.74 Å². The van der Waals surface area contributed by atoms with Crippen molar-refractivity contribution >= 4 is 28.6 Å². The van der Waals surface area contributed by atoms with E-state index < -0.39 is 5.97 Å². The minimum absolute atomic E-state index is 0.221. The van der Waals surface area contributed by atoms with E-state index in [0.717, 1.165) is 79.2 Å². The van der Waals surface area contributed by atoms with Crippen LogP contribution in [-0.2, 0) is 11.2 Å². The summed E-state index contributed by atoms with van der Waals surface area (Å²) in [6.45, 7) is 2.97. The van der Waals surface area contributed by atoms with Crippen LogP contribution in [0.3, 0.4) is 0 Å². The first-order valence-electron chi connectivity index (χ1n) is 12.5. The van der Waals surface area contributed by atoms with Crippen LogP contribution in [0.25, 0.3) is 10.9 Å². The number of aliphatic carboxylic acids is 1. The molecule has 0 spiro atoms. The predicted octanol–water partition coefficient (Wildman–Crippen LogP) is 5.56. The van der Waals surface area contributed by atoms with Crippen molar-refractivity contribution in [3.63, 3.8) is 0 Å². The number of carboxylic acid groups (broad SMARTS) is 1. The van der Waals surface area contributed by atoms with E-state index in [-0.39, 0.29) is 12.3 Å². The van der Waals surface area contributed by atoms with Crippen LogP contribution in [0.1, 0.15) is 37.7 Å². The van der Waals surface area contributed by atoms with Gasteiger partial charge in [-0.3, -0.25) is 9.78 Å². The Bertz CT molecular complexity index is 1100. The zero-order chi connectivity index (χ0) is 24.5. The van der Waals surface area contributed by atoms with E-state index in [0.29, 0.717) is 5.92 Å². The molecule has 6 nitrogen and oxygen atoms in total. The van der Waals surface area contributed by atoms with Crippen LogP contribution in [-0.4, -0.2) is 58.4 Å². The van der Waals surface area contributed by atoms with Crippen LogP contribution in [0.5, 0.6) is 5.75 Å². The van der Waals surface area contributed by atoms with Gasteiger partial charge in [0.15, 0.2) is 0 Å². The number of fused-ring (bicyclic) bond motifs is 1. The molecule has 7 heteroatoms. The largest absolute Gasteiger partial charge is 0.497 e. The van der Waals surface area contributed by atoms with E-state index >= 15 is 0 Å². The third kappa shape index (κ3) is 7.42. The minimum Gasteiger partial charge on any atom is -0.497 e. The monoisotopic (exact) mass is 493 g/mol. The molecule has 0 saturated carbocycles. The first-order valence-corrected chi connectivity index (χ1v) is 13.5. The maximum atomic E-state index is 11.6. The summed E-state index contributed by atoms with van der Waals surface area (Å²) in [5.74, 6) is 1.89. The highest BCUT2D eigenvalue weighted by atomic mass is 32.2. The normalized spacial score (nSPS) is 18.5. The standard InChI is InChI=1S/C28H35N3O3S/c1-34-24-9-10-26-25(19-24)22(11-14-29-26)7-4-6-21-12-16-31(20-23(21)18-28(32)33)15-5-17-35-27-8-2-3-13-30-27/h2-3,8-11,13-14,19,21,23H,4-7,12,15-18,20H2,1H3,(H,32,33)/t21-,23+/m1/s1. The summed E-state index contributed by atoms with van der Waals surface area (Å²) in [5, 5.41) is 11.7. The average molecular weight is 494 g/mol. The third-order valence-electron chi connectivity index (χ3n) is 6.98. The van der Waals surface area contributed by atoms with E-state index in [1.165, 1.54) is 5.56 Å². The zero-order valence-corrected chi connectivity index (χ0v) is 21.3. The third-order valence-corrected chi connectivity index (χ3v) is 8.01. The Labute approximate surface area is 212 Å². The van der Waals surface area contributed by atoms with Crippen LogP contribution in [0.4, 0.5) is 0 Å². The molecular weight excluding hydrogens is 458 g/mol. The number of hydrogen-bond acceptors (Lipinski definition) is 6.